The van der Waals surface area contributed by atoms with Crippen molar-refractivity contribution in [2.45, 2.75) is 38.8 Å². The molecule has 0 bridgehead atoms. The molecule has 1 fully saturated rings. The molecule has 0 aliphatic carbocycles. The first-order valence-corrected chi connectivity index (χ1v) is 5.90. The number of hydrogen-bond acceptors (Lipinski definition) is 2. The van der Waals surface area contributed by atoms with Crippen LogP contribution in [0.4, 0.5) is 5.69 Å². The molecule has 0 radical (unpaired) electrons. The minimum atomic E-state index is 0.637. The summed E-state index contributed by atoms with van der Waals surface area (Å²) in [6.45, 7) is 4.11. The molecule has 1 atom stereocenters. The third-order valence-corrected chi connectivity index (χ3v) is 3.33. The zero-order valence-corrected chi connectivity index (χ0v) is 9.45. The first-order chi connectivity index (χ1) is 7.35. The fourth-order valence-electron chi connectivity index (χ4n) is 2.46. The molecule has 15 heavy (non-hydrogen) atoms. The van der Waals surface area contributed by atoms with Crippen LogP contribution < -0.4 is 10.6 Å². The molecule has 0 saturated carbocycles. The minimum absolute atomic E-state index is 0.637. The molecule has 1 aliphatic rings. The van der Waals surface area contributed by atoms with Gasteiger partial charge in [-0.25, -0.2) is 0 Å². The van der Waals surface area contributed by atoms with Gasteiger partial charge in [0.05, 0.1) is 0 Å². The van der Waals surface area contributed by atoms with Crippen molar-refractivity contribution in [3.8, 4) is 0 Å². The molecule has 0 spiro atoms. The molecule has 1 saturated heterocycles. The minimum Gasteiger partial charge on any atom is -0.369 e. The Kier molecular flexibility index (Phi) is 3.27. The molecule has 0 aromatic heterocycles. The fourth-order valence-corrected chi connectivity index (χ4v) is 2.46. The van der Waals surface area contributed by atoms with Gasteiger partial charge in [0.25, 0.3) is 0 Å². The molecule has 2 nitrogen and oxygen atoms in total. The van der Waals surface area contributed by atoms with Crippen LogP contribution in [0, 0.1) is 0 Å². The second-order valence-corrected chi connectivity index (χ2v) is 4.27. The molecular weight excluding hydrogens is 184 g/mol. The summed E-state index contributed by atoms with van der Waals surface area (Å²) in [5.74, 6) is 0. The Hall–Kier alpha value is -1.02. The first-order valence-electron chi connectivity index (χ1n) is 5.90. The molecule has 1 aromatic carbocycles. The first kappa shape index (κ1) is 10.5. The van der Waals surface area contributed by atoms with Gasteiger partial charge in [-0.3, -0.25) is 0 Å². The maximum atomic E-state index is 5.67. The molecule has 2 rings (SSSR count). The number of nitrogens with zero attached hydrogens (tertiary/aromatic N) is 1. The van der Waals surface area contributed by atoms with E-state index in [-0.39, 0.29) is 0 Å². The Morgan fingerprint density at radius 1 is 1.47 bits per heavy atom. The average Bonchev–Trinajstić information content (AvgIpc) is 2.77. The molecule has 1 heterocycles. The molecule has 1 unspecified atom stereocenters. The quantitative estimate of drug-likeness (QED) is 0.819. The van der Waals surface area contributed by atoms with E-state index in [4.69, 9.17) is 5.73 Å². The predicted molar refractivity (Wildman–Crippen MR) is 65.0 cm³/mol. The lowest BCUT2D eigenvalue weighted by Gasteiger charge is -2.26. The van der Waals surface area contributed by atoms with Gasteiger partial charge in [-0.2, -0.15) is 0 Å². The molecule has 1 aromatic rings. The molecular formula is C13H20N2. The summed E-state index contributed by atoms with van der Waals surface area (Å²) >= 11 is 0. The van der Waals surface area contributed by atoms with Gasteiger partial charge in [-0.15, -0.1) is 0 Å². The van der Waals surface area contributed by atoms with Crippen molar-refractivity contribution in [3.63, 3.8) is 0 Å². The van der Waals surface area contributed by atoms with E-state index < -0.39 is 0 Å². The second kappa shape index (κ2) is 4.67. The third-order valence-electron chi connectivity index (χ3n) is 3.33. The van der Waals surface area contributed by atoms with Gasteiger partial charge in [0, 0.05) is 24.8 Å². The zero-order valence-electron chi connectivity index (χ0n) is 9.45. The Morgan fingerprint density at radius 2 is 2.33 bits per heavy atom. The van der Waals surface area contributed by atoms with Crippen molar-refractivity contribution in [1.29, 1.82) is 0 Å². The Morgan fingerprint density at radius 3 is 3.07 bits per heavy atom. The van der Waals surface area contributed by atoms with Gasteiger partial charge in [0.2, 0.25) is 0 Å². The average molecular weight is 204 g/mol. The van der Waals surface area contributed by atoms with Gasteiger partial charge in [-0.05, 0) is 37.0 Å². The zero-order chi connectivity index (χ0) is 10.7. The maximum Gasteiger partial charge on any atom is 0.0371 e. The van der Waals surface area contributed by atoms with Gasteiger partial charge in [0.1, 0.15) is 0 Å². The topological polar surface area (TPSA) is 29.3 Å². The van der Waals surface area contributed by atoms with E-state index in [1.54, 1.807) is 0 Å². The maximum absolute atomic E-state index is 5.67. The molecule has 2 heteroatoms. The highest BCUT2D eigenvalue weighted by Crippen LogP contribution is 2.27. The van der Waals surface area contributed by atoms with Crippen molar-refractivity contribution < 1.29 is 0 Å². The van der Waals surface area contributed by atoms with Crippen molar-refractivity contribution in [2.24, 2.45) is 5.73 Å². The van der Waals surface area contributed by atoms with Crippen LogP contribution in [0.2, 0.25) is 0 Å². The summed E-state index contributed by atoms with van der Waals surface area (Å²) in [6, 6.07) is 9.38. The van der Waals surface area contributed by atoms with Gasteiger partial charge < -0.3 is 10.6 Å². The van der Waals surface area contributed by atoms with E-state index in [0.29, 0.717) is 6.54 Å². The third kappa shape index (κ3) is 2.15. The summed E-state index contributed by atoms with van der Waals surface area (Å²) in [5, 5.41) is 0. The number of nitrogens with two attached hydrogens (primary N) is 1. The highest BCUT2D eigenvalue weighted by Gasteiger charge is 2.22. The fraction of sp³-hybridized carbons (Fsp3) is 0.538. The van der Waals surface area contributed by atoms with Crippen molar-refractivity contribution in [3.05, 3.63) is 29.8 Å². The van der Waals surface area contributed by atoms with Crippen molar-refractivity contribution in [1.82, 2.24) is 0 Å². The van der Waals surface area contributed by atoms with E-state index in [9.17, 15) is 0 Å². The standard InChI is InChI=1S/C13H20N2/c1-2-12-7-4-8-15(12)13-6-3-5-11(9-13)10-14/h3,5-6,9,12H,2,4,7-8,10,14H2,1H3. The highest BCUT2D eigenvalue weighted by molar-refractivity contribution is 5.50. The largest absolute Gasteiger partial charge is 0.369 e. The molecule has 0 amide bonds. The summed E-state index contributed by atoms with van der Waals surface area (Å²) in [6.07, 6.45) is 3.90. The summed E-state index contributed by atoms with van der Waals surface area (Å²) in [7, 11) is 0. The molecule has 1 aliphatic heterocycles. The predicted octanol–water partition coefficient (Wildman–Crippen LogP) is 2.52. The Bertz CT molecular complexity index is 322. The van der Waals surface area contributed by atoms with Gasteiger partial charge in [-0.1, -0.05) is 19.1 Å². The monoisotopic (exact) mass is 204 g/mol. The van der Waals surface area contributed by atoms with Gasteiger partial charge >= 0.3 is 0 Å². The van der Waals surface area contributed by atoms with Gasteiger partial charge in [0.15, 0.2) is 0 Å². The number of anilines is 1. The van der Waals surface area contributed by atoms with Crippen LogP contribution in [0.25, 0.3) is 0 Å². The van der Waals surface area contributed by atoms with E-state index in [2.05, 4.69) is 36.1 Å². The summed E-state index contributed by atoms with van der Waals surface area (Å²) in [5.41, 5.74) is 8.25. The summed E-state index contributed by atoms with van der Waals surface area (Å²) < 4.78 is 0. The smallest absolute Gasteiger partial charge is 0.0371 e. The van der Waals surface area contributed by atoms with Crippen LogP contribution in [0.3, 0.4) is 0 Å². The lowest BCUT2D eigenvalue weighted by Crippen LogP contribution is -2.28. The molecule has 2 N–H and O–H groups in total. The van der Waals surface area contributed by atoms with Crippen LogP contribution in [0.1, 0.15) is 31.7 Å². The van der Waals surface area contributed by atoms with Crippen LogP contribution in [-0.4, -0.2) is 12.6 Å². The normalized spacial score (nSPS) is 20.9. The van der Waals surface area contributed by atoms with Crippen LogP contribution in [0.5, 0.6) is 0 Å². The number of rotatable bonds is 3. The van der Waals surface area contributed by atoms with Crippen LogP contribution in [-0.2, 0) is 6.54 Å². The lowest BCUT2D eigenvalue weighted by molar-refractivity contribution is 0.645. The van der Waals surface area contributed by atoms with E-state index in [1.807, 2.05) is 0 Å². The Labute approximate surface area is 92.1 Å². The second-order valence-electron chi connectivity index (χ2n) is 4.27. The van der Waals surface area contributed by atoms with Crippen molar-refractivity contribution >= 4 is 5.69 Å². The van der Waals surface area contributed by atoms with E-state index in [0.717, 1.165) is 6.04 Å². The number of hydrogen-bond donors (Lipinski definition) is 1. The number of benzene rings is 1. The Balaban J connectivity index is 2.20. The lowest BCUT2D eigenvalue weighted by atomic mass is 10.1. The highest BCUT2D eigenvalue weighted by atomic mass is 15.2. The van der Waals surface area contributed by atoms with Crippen LogP contribution >= 0.6 is 0 Å². The van der Waals surface area contributed by atoms with E-state index >= 15 is 0 Å². The van der Waals surface area contributed by atoms with Crippen LogP contribution in [0.15, 0.2) is 24.3 Å². The van der Waals surface area contributed by atoms with Crippen molar-refractivity contribution in [2.75, 3.05) is 11.4 Å². The van der Waals surface area contributed by atoms with E-state index in [1.165, 1.54) is 37.1 Å². The molecule has 82 valence electrons. The summed E-state index contributed by atoms with van der Waals surface area (Å²) in [4.78, 5) is 2.53. The SMILES string of the molecule is CCC1CCCN1c1cccc(CN)c1.